The topological polar surface area (TPSA) is 26.3 Å². The van der Waals surface area contributed by atoms with E-state index < -0.39 is 0 Å². The predicted octanol–water partition coefficient (Wildman–Crippen LogP) is 3.94. The van der Waals surface area contributed by atoms with E-state index >= 15 is 0 Å². The Bertz CT molecular complexity index is 404. The fraction of sp³-hybridized carbons (Fsp3) is 0.562. The molecule has 0 spiro atoms. The highest BCUT2D eigenvalue weighted by atomic mass is 32.2. The summed E-state index contributed by atoms with van der Waals surface area (Å²) in [5, 5.41) is 0.291. The second kappa shape index (κ2) is 7.11. The van der Waals surface area contributed by atoms with Crippen molar-refractivity contribution in [2.75, 3.05) is 7.11 Å². The Hall–Kier alpha value is -0.800. The molecule has 1 aliphatic carbocycles. The van der Waals surface area contributed by atoms with Crippen molar-refractivity contribution >= 4 is 17.5 Å². The molecule has 0 amide bonds. The summed E-state index contributed by atoms with van der Waals surface area (Å²) in [7, 11) is 1.73. The summed E-state index contributed by atoms with van der Waals surface area (Å²) < 4.78 is 5.65. The van der Waals surface area contributed by atoms with Gasteiger partial charge in [-0.25, -0.2) is 0 Å². The lowest BCUT2D eigenvalue weighted by Crippen LogP contribution is -2.38. The molecule has 1 saturated carbocycles. The minimum atomic E-state index is 0.0259. The Kier molecular flexibility index (Phi) is 5.46. The van der Waals surface area contributed by atoms with Gasteiger partial charge in [-0.1, -0.05) is 31.5 Å². The molecule has 19 heavy (non-hydrogen) atoms. The van der Waals surface area contributed by atoms with Crippen LogP contribution >= 0.6 is 11.8 Å². The Balaban J connectivity index is 2.02. The molecule has 1 aromatic rings. The van der Waals surface area contributed by atoms with Crippen LogP contribution < -0.4 is 0 Å². The summed E-state index contributed by atoms with van der Waals surface area (Å²) in [5.74, 6) is 0.476. The van der Waals surface area contributed by atoms with Crippen molar-refractivity contribution in [1.29, 1.82) is 0 Å². The monoisotopic (exact) mass is 278 g/mol. The number of carbonyl (C=O) groups excluding carboxylic acids is 1. The van der Waals surface area contributed by atoms with Crippen LogP contribution in [0.5, 0.6) is 0 Å². The first-order valence-corrected chi connectivity index (χ1v) is 7.87. The lowest BCUT2D eigenvalue weighted by Gasteiger charge is -2.31. The number of hydrogen-bond donors (Lipinski definition) is 0. The summed E-state index contributed by atoms with van der Waals surface area (Å²) in [6.07, 6.45) is 3.94. The van der Waals surface area contributed by atoms with Gasteiger partial charge in [0.15, 0.2) is 0 Å². The lowest BCUT2D eigenvalue weighted by molar-refractivity contribution is -0.129. The van der Waals surface area contributed by atoms with Crippen molar-refractivity contribution < 1.29 is 9.53 Å². The van der Waals surface area contributed by atoms with E-state index in [0.29, 0.717) is 11.0 Å². The molecule has 0 unspecified atom stereocenters. The summed E-state index contributed by atoms with van der Waals surface area (Å²) in [5.41, 5.74) is 0. The Morgan fingerprint density at radius 3 is 2.63 bits per heavy atom. The van der Waals surface area contributed by atoms with E-state index in [4.69, 9.17) is 4.74 Å². The number of ketones is 1. The van der Waals surface area contributed by atoms with Gasteiger partial charge in [-0.05, 0) is 25.0 Å². The van der Waals surface area contributed by atoms with Crippen LogP contribution in [0.4, 0.5) is 0 Å². The lowest BCUT2D eigenvalue weighted by atomic mass is 9.83. The number of hydrogen-bond acceptors (Lipinski definition) is 3. The zero-order valence-corrected chi connectivity index (χ0v) is 12.5. The fourth-order valence-corrected chi connectivity index (χ4v) is 4.00. The quantitative estimate of drug-likeness (QED) is 0.763. The average Bonchev–Trinajstić information content (AvgIpc) is 2.43. The van der Waals surface area contributed by atoms with Gasteiger partial charge < -0.3 is 4.74 Å². The third kappa shape index (κ3) is 3.83. The fourth-order valence-electron chi connectivity index (χ4n) is 2.82. The molecule has 0 aliphatic heterocycles. The Labute approximate surface area is 119 Å². The molecule has 104 valence electrons. The molecule has 1 aromatic carbocycles. The second-order valence-electron chi connectivity index (χ2n) is 5.15. The van der Waals surface area contributed by atoms with Gasteiger partial charge in [0.2, 0.25) is 0 Å². The maximum Gasteiger partial charge on any atom is 0.138 e. The molecule has 0 aromatic heterocycles. The van der Waals surface area contributed by atoms with E-state index in [0.717, 1.165) is 25.7 Å². The summed E-state index contributed by atoms with van der Waals surface area (Å²) >= 11 is 1.79. The molecular weight excluding hydrogens is 256 g/mol. The molecule has 2 rings (SSSR count). The summed E-state index contributed by atoms with van der Waals surface area (Å²) in [4.78, 5) is 13.3. The number of carbonyl (C=O) groups is 1. The standard InChI is InChI=1S/C16H22O2S/c1-12(19-13-8-4-3-5-9-13)16(18-2)14-10-6-7-11-15(14)17/h3-5,8-9,12,14,16H,6-7,10-11H2,1-2H3/t12-,14+,16+/m1/s1. The van der Waals surface area contributed by atoms with E-state index in [-0.39, 0.29) is 12.0 Å². The normalized spacial score (nSPS) is 23.1. The molecule has 0 bridgehead atoms. The third-order valence-electron chi connectivity index (χ3n) is 3.80. The van der Waals surface area contributed by atoms with Gasteiger partial charge in [-0.15, -0.1) is 11.8 Å². The molecule has 1 aliphatic rings. The maximum absolute atomic E-state index is 12.1. The minimum Gasteiger partial charge on any atom is -0.380 e. The molecule has 0 saturated heterocycles. The largest absolute Gasteiger partial charge is 0.380 e. The van der Waals surface area contributed by atoms with E-state index in [1.54, 1.807) is 18.9 Å². The molecule has 0 heterocycles. The van der Waals surface area contributed by atoms with Crippen molar-refractivity contribution in [3.05, 3.63) is 30.3 Å². The van der Waals surface area contributed by atoms with Crippen LogP contribution in [0.15, 0.2) is 35.2 Å². The van der Waals surface area contributed by atoms with Gasteiger partial charge in [-0.2, -0.15) is 0 Å². The summed E-state index contributed by atoms with van der Waals surface area (Å²) in [6, 6.07) is 10.3. The van der Waals surface area contributed by atoms with E-state index in [2.05, 4.69) is 19.1 Å². The van der Waals surface area contributed by atoms with Crippen molar-refractivity contribution in [2.24, 2.45) is 5.92 Å². The first kappa shape index (κ1) is 14.6. The van der Waals surface area contributed by atoms with Crippen molar-refractivity contribution in [2.45, 2.75) is 48.9 Å². The van der Waals surface area contributed by atoms with Crippen molar-refractivity contribution in [3.63, 3.8) is 0 Å². The predicted molar refractivity (Wildman–Crippen MR) is 79.5 cm³/mol. The molecular formula is C16H22O2S. The molecule has 0 radical (unpaired) electrons. The smallest absolute Gasteiger partial charge is 0.138 e. The highest BCUT2D eigenvalue weighted by Gasteiger charge is 2.34. The van der Waals surface area contributed by atoms with Gasteiger partial charge in [0.1, 0.15) is 5.78 Å². The van der Waals surface area contributed by atoms with E-state index in [9.17, 15) is 4.79 Å². The molecule has 2 nitrogen and oxygen atoms in total. The van der Waals surface area contributed by atoms with E-state index in [1.165, 1.54) is 4.90 Å². The van der Waals surface area contributed by atoms with Crippen LogP contribution in [-0.2, 0) is 9.53 Å². The third-order valence-corrected chi connectivity index (χ3v) is 4.98. The van der Waals surface area contributed by atoms with Gasteiger partial charge in [-0.3, -0.25) is 4.79 Å². The number of ether oxygens (including phenoxy) is 1. The summed E-state index contributed by atoms with van der Waals surface area (Å²) in [6.45, 7) is 2.16. The second-order valence-corrected chi connectivity index (χ2v) is 6.61. The number of Topliss-reactive ketones (excluding diaryl/α,β-unsaturated/α-hetero) is 1. The van der Waals surface area contributed by atoms with Gasteiger partial charge in [0.25, 0.3) is 0 Å². The number of methoxy groups -OCH3 is 1. The highest BCUT2D eigenvalue weighted by molar-refractivity contribution is 8.00. The Morgan fingerprint density at radius 1 is 1.26 bits per heavy atom. The highest BCUT2D eigenvalue weighted by Crippen LogP contribution is 2.33. The number of benzene rings is 1. The van der Waals surface area contributed by atoms with Crippen LogP contribution in [0.1, 0.15) is 32.6 Å². The SMILES string of the molecule is CO[C@@H]([C@@H](C)Sc1ccccc1)[C@H]1CCCCC1=O. The Morgan fingerprint density at radius 2 is 2.00 bits per heavy atom. The van der Waals surface area contributed by atoms with Gasteiger partial charge >= 0.3 is 0 Å². The molecule has 3 atom stereocenters. The first-order chi connectivity index (χ1) is 9.22. The van der Waals surface area contributed by atoms with Crippen molar-refractivity contribution in [3.8, 4) is 0 Å². The van der Waals surface area contributed by atoms with Crippen molar-refractivity contribution in [1.82, 2.24) is 0 Å². The van der Waals surface area contributed by atoms with E-state index in [1.807, 2.05) is 18.2 Å². The molecule has 3 heteroatoms. The zero-order valence-electron chi connectivity index (χ0n) is 11.7. The van der Waals surface area contributed by atoms with Crippen LogP contribution in [0, 0.1) is 5.92 Å². The molecule has 1 fully saturated rings. The minimum absolute atomic E-state index is 0.0259. The van der Waals surface area contributed by atoms with Gasteiger partial charge in [0.05, 0.1) is 6.10 Å². The average molecular weight is 278 g/mol. The van der Waals surface area contributed by atoms with Crippen LogP contribution in [-0.4, -0.2) is 24.2 Å². The number of rotatable bonds is 5. The van der Waals surface area contributed by atoms with Crippen LogP contribution in [0.2, 0.25) is 0 Å². The first-order valence-electron chi connectivity index (χ1n) is 6.99. The molecule has 0 N–H and O–H groups in total. The van der Waals surface area contributed by atoms with Crippen LogP contribution in [0.25, 0.3) is 0 Å². The van der Waals surface area contributed by atoms with Crippen LogP contribution in [0.3, 0.4) is 0 Å². The van der Waals surface area contributed by atoms with Gasteiger partial charge in [0, 0.05) is 29.6 Å². The zero-order chi connectivity index (χ0) is 13.7. The maximum atomic E-state index is 12.1. The number of thioether (sulfide) groups is 1.